The molecular weight excluding hydrogens is 332 g/mol. The van der Waals surface area contributed by atoms with E-state index in [2.05, 4.69) is 23.6 Å². The zero-order chi connectivity index (χ0) is 19.4. The third-order valence-electron chi connectivity index (χ3n) is 5.10. The fourth-order valence-electron chi connectivity index (χ4n) is 3.60. The van der Waals surface area contributed by atoms with Crippen molar-refractivity contribution in [1.29, 1.82) is 0 Å². The monoisotopic (exact) mass is 360 g/mol. The van der Waals surface area contributed by atoms with Gasteiger partial charge in [-0.25, -0.2) is 4.79 Å². The lowest BCUT2D eigenvalue weighted by molar-refractivity contribution is -0.119. The molecule has 1 aromatic rings. The number of amides is 2. The van der Waals surface area contributed by atoms with Gasteiger partial charge >= 0.3 is 6.09 Å². The van der Waals surface area contributed by atoms with Crippen LogP contribution < -0.4 is 15.4 Å². The maximum atomic E-state index is 12.4. The number of anilines is 1. The van der Waals surface area contributed by atoms with E-state index in [1.807, 2.05) is 41.5 Å². The molecule has 3 rings (SSSR count). The number of alkyl carbamates (subject to hydrolysis) is 1. The molecule has 1 aromatic carbocycles. The Morgan fingerprint density at radius 2 is 2.04 bits per heavy atom. The normalized spacial score (nSPS) is 23.0. The average Bonchev–Trinajstić information content (AvgIpc) is 2.92. The Balaban J connectivity index is 1.82. The van der Waals surface area contributed by atoms with Crippen molar-refractivity contribution in [1.82, 2.24) is 5.32 Å². The first-order valence-corrected chi connectivity index (χ1v) is 9.04. The minimum atomic E-state index is -0.640. The molecule has 2 aliphatic rings. The van der Waals surface area contributed by atoms with Gasteiger partial charge in [-0.15, -0.1) is 0 Å². The molecule has 2 amide bonds. The van der Waals surface area contributed by atoms with Crippen molar-refractivity contribution >= 4 is 17.7 Å². The van der Waals surface area contributed by atoms with Gasteiger partial charge in [-0.2, -0.15) is 0 Å². The predicted octanol–water partition coefficient (Wildman–Crippen LogP) is 3.61. The first kappa shape index (κ1) is 18.5. The molecule has 26 heavy (non-hydrogen) atoms. The molecule has 0 aliphatic carbocycles. The van der Waals surface area contributed by atoms with Gasteiger partial charge in [-0.1, -0.05) is 6.92 Å². The Labute approximate surface area is 154 Å². The third kappa shape index (κ3) is 3.02. The maximum absolute atomic E-state index is 12.4. The van der Waals surface area contributed by atoms with Crippen molar-refractivity contribution in [3.8, 4) is 5.75 Å². The van der Waals surface area contributed by atoms with Crippen LogP contribution in [0.25, 0.3) is 0 Å². The summed E-state index contributed by atoms with van der Waals surface area (Å²) in [5, 5.41) is 5.77. The lowest BCUT2D eigenvalue weighted by Crippen LogP contribution is -2.39. The Morgan fingerprint density at radius 1 is 1.38 bits per heavy atom. The Bertz CT molecular complexity index is 777. The van der Waals surface area contributed by atoms with Gasteiger partial charge in [-0.05, 0) is 53.2 Å². The van der Waals surface area contributed by atoms with Gasteiger partial charge < -0.3 is 20.1 Å². The molecule has 6 heteroatoms. The van der Waals surface area contributed by atoms with Gasteiger partial charge in [-0.3, -0.25) is 4.79 Å². The highest BCUT2D eigenvalue weighted by atomic mass is 16.6. The Morgan fingerprint density at radius 3 is 2.65 bits per heavy atom. The Kier molecular flexibility index (Phi) is 4.20. The number of carbonyl (C=O) groups is 2. The van der Waals surface area contributed by atoms with Gasteiger partial charge in [0.15, 0.2) is 0 Å². The summed E-state index contributed by atoms with van der Waals surface area (Å²) in [7, 11) is 0. The van der Waals surface area contributed by atoms with Gasteiger partial charge in [0, 0.05) is 17.0 Å². The van der Waals surface area contributed by atoms with E-state index in [1.165, 1.54) is 0 Å². The van der Waals surface area contributed by atoms with Crippen LogP contribution in [0.4, 0.5) is 10.5 Å². The van der Waals surface area contributed by atoms with Gasteiger partial charge in [0.25, 0.3) is 0 Å². The molecule has 2 aliphatic heterocycles. The number of aryl methyl sites for hydroxylation is 1. The zero-order valence-corrected chi connectivity index (χ0v) is 16.6. The molecular formula is C20H28N2O4. The molecule has 0 saturated carbocycles. The van der Waals surface area contributed by atoms with E-state index < -0.39 is 17.1 Å². The minimum Gasteiger partial charge on any atom is -0.487 e. The molecule has 0 saturated heterocycles. The third-order valence-corrected chi connectivity index (χ3v) is 5.10. The van der Waals surface area contributed by atoms with Gasteiger partial charge in [0.2, 0.25) is 5.91 Å². The lowest BCUT2D eigenvalue weighted by Gasteiger charge is -2.22. The van der Waals surface area contributed by atoms with Crippen LogP contribution in [0.5, 0.6) is 5.75 Å². The summed E-state index contributed by atoms with van der Waals surface area (Å²) < 4.78 is 11.5. The van der Waals surface area contributed by atoms with E-state index in [9.17, 15) is 9.59 Å². The standard InChI is InChI=1S/C20H28N2O4/c1-10-8-12-11(2)13(9-21-18(24)26-19(3,4)5)25-16(12)14-15(10)22-17(23)20(14,6)7/h8,11,13H,9H2,1-7H3,(H,21,24)(H,22,23)/t11-,13-/m0/s1. The number of hydrogen-bond donors (Lipinski definition) is 2. The number of nitrogens with one attached hydrogen (secondary N) is 2. The number of carbonyl (C=O) groups excluding carboxylic acids is 2. The molecule has 0 bridgehead atoms. The van der Waals surface area contributed by atoms with Crippen LogP contribution in [0.2, 0.25) is 0 Å². The molecule has 2 heterocycles. The summed E-state index contributed by atoms with van der Waals surface area (Å²) in [4.78, 5) is 24.3. The first-order chi connectivity index (χ1) is 11.9. The topological polar surface area (TPSA) is 76.7 Å². The second-order valence-corrected chi connectivity index (χ2v) is 8.77. The van der Waals surface area contributed by atoms with E-state index >= 15 is 0 Å². The highest BCUT2D eigenvalue weighted by Crippen LogP contribution is 2.52. The van der Waals surface area contributed by atoms with Crippen molar-refractivity contribution in [2.75, 3.05) is 11.9 Å². The highest BCUT2D eigenvalue weighted by molar-refractivity contribution is 6.07. The van der Waals surface area contributed by atoms with Gasteiger partial charge in [0.1, 0.15) is 17.5 Å². The summed E-state index contributed by atoms with van der Waals surface area (Å²) in [5.41, 5.74) is 2.72. The fourth-order valence-corrected chi connectivity index (χ4v) is 3.60. The van der Waals surface area contributed by atoms with E-state index in [4.69, 9.17) is 9.47 Å². The van der Waals surface area contributed by atoms with Crippen LogP contribution >= 0.6 is 0 Å². The fraction of sp³-hybridized carbons (Fsp3) is 0.600. The van der Waals surface area contributed by atoms with Crippen molar-refractivity contribution < 1.29 is 19.1 Å². The molecule has 6 nitrogen and oxygen atoms in total. The summed E-state index contributed by atoms with van der Waals surface area (Å²) in [5.74, 6) is 0.864. The summed E-state index contributed by atoms with van der Waals surface area (Å²) in [6.07, 6.45) is -0.655. The molecule has 0 aromatic heterocycles. The lowest BCUT2D eigenvalue weighted by atomic mass is 9.82. The number of hydrogen-bond acceptors (Lipinski definition) is 4. The molecule has 2 N–H and O–H groups in total. The molecule has 0 spiro atoms. The van der Waals surface area contributed by atoms with Gasteiger partial charge in [0.05, 0.1) is 17.6 Å². The molecule has 0 radical (unpaired) electrons. The second-order valence-electron chi connectivity index (χ2n) is 8.77. The summed E-state index contributed by atoms with van der Waals surface area (Å²) in [6.45, 7) is 13.7. The summed E-state index contributed by atoms with van der Waals surface area (Å²) in [6, 6.07) is 2.08. The average molecular weight is 360 g/mol. The maximum Gasteiger partial charge on any atom is 0.407 e. The van der Waals surface area contributed by atoms with Crippen molar-refractivity contribution in [3.63, 3.8) is 0 Å². The van der Waals surface area contributed by atoms with Crippen LogP contribution in [-0.4, -0.2) is 30.3 Å². The van der Waals surface area contributed by atoms with E-state index in [0.717, 1.165) is 28.1 Å². The minimum absolute atomic E-state index is 0.0180. The SMILES string of the molecule is Cc1cc2c(c3c1NC(=O)C3(C)C)O[C@@H](CNC(=O)OC(C)(C)C)[C@H]2C. The van der Waals surface area contributed by atoms with Crippen molar-refractivity contribution in [2.45, 2.75) is 71.5 Å². The molecule has 2 atom stereocenters. The molecule has 142 valence electrons. The summed E-state index contributed by atoms with van der Waals surface area (Å²) >= 11 is 0. The quantitative estimate of drug-likeness (QED) is 0.845. The zero-order valence-electron chi connectivity index (χ0n) is 16.6. The van der Waals surface area contributed by atoms with Crippen molar-refractivity contribution in [3.05, 3.63) is 22.8 Å². The Hall–Kier alpha value is -2.24. The molecule has 0 unspecified atom stereocenters. The van der Waals surface area contributed by atoms with Crippen LogP contribution in [0.1, 0.15) is 64.2 Å². The van der Waals surface area contributed by atoms with Crippen LogP contribution in [0, 0.1) is 6.92 Å². The number of fused-ring (bicyclic) bond motifs is 3. The van der Waals surface area contributed by atoms with E-state index in [1.54, 1.807) is 0 Å². The number of rotatable bonds is 2. The first-order valence-electron chi connectivity index (χ1n) is 9.04. The molecule has 0 fully saturated rings. The van der Waals surface area contributed by atoms with Crippen LogP contribution in [-0.2, 0) is 14.9 Å². The van der Waals surface area contributed by atoms with Crippen molar-refractivity contribution in [2.24, 2.45) is 0 Å². The number of benzene rings is 1. The van der Waals surface area contributed by atoms with E-state index in [-0.39, 0.29) is 17.9 Å². The largest absolute Gasteiger partial charge is 0.487 e. The van der Waals surface area contributed by atoms with Crippen LogP contribution in [0.3, 0.4) is 0 Å². The second kappa shape index (κ2) is 5.89. The van der Waals surface area contributed by atoms with Crippen LogP contribution in [0.15, 0.2) is 6.07 Å². The van der Waals surface area contributed by atoms with E-state index in [0.29, 0.717) is 6.54 Å². The highest BCUT2D eigenvalue weighted by Gasteiger charge is 2.46. The smallest absolute Gasteiger partial charge is 0.407 e. The predicted molar refractivity (Wildman–Crippen MR) is 99.9 cm³/mol. The number of ether oxygens (including phenoxy) is 2.